The smallest absolute Gasteiger partial charge is 0.137 e. The van der Waals surface area contributed by atoms with Gasteiger partial charge in [0.15, 0.2) is 0 Å². The molecule has 0 spiro atoms. The standard InChI is InChI=1S/C13H19N5/c1-9-12-11(17-16-9)5-6-14-13(12)15-10-4-3-7-18(2)8-10/h5-6,10H,3-4,7-8H2,1-2H3,(H,14,15)(H,16,17). The Morgan fingerprint density at radius 3 is 3.22 bits per heavy atom. The first-order chi connectivity index (χ1) is 8.74. The van der Waals surface area contributed by atoms with Crippen LogP contribution in [0.3, 0.4) is 0 Å². The van der Waals surface area contributed by atoms with Crippen LogP contribution in [0.1, 0.15) is 18.5 Å². The van der Waals surface area contributed by atoms with Gasteiger partial charge in [-0.1, -0.05) is 0 Å². The molecule has 2 aromatic rings. The molecule has 0 bridgehead atoms. The zero-order chi connectivity index (χ0) is 12.5. The van der Waals surface area contributed by atoms with Gasteiger partial charge in [-0.3, -0.25) is 5.10 Å². The van der Waals surface area contributed by atoms with E-state index in [9.17, 15) is 0 Å². The minimum atomic E-state index is 0.483. The van der Waals surface area contributed by atoms with Crippen LogP contribution in [0.4, 0.5) is 5.82 Å². The summed E-state index contributed by atoms with van der Waals surface area (Å²) in [5, 5.41) is 12.0. The summed E-state index contributed by atoms with van der Waals surface area (Å²) in [6.07, 6.45) is 4.27. The second kappa shape index (κ2) is 4.57. The van der Waals surface area contributed by atoms with E-state index in [1.807, 2.05) is 19.2 Å². The van der Waals surface area contributed by atoms with E-state index < -0.39 is 0 Å². The minimum Gasteiger partial charge on any atom is -0.365 e. The number of hydrogen-bond donors (Lipinski definition) is 2. The van der Waals surface area contributed by atoms with Gasteiger partial charge in [-0.25, -0.2) is 4.98 Å². The maximum atomic E-state index is 4.47. The highest BCUT2D eigenvalue weighted by Gasteiger charge is 2.18. The van der Waals surface area contributed by atoms with Crippen LogP contribution >= 0.6 is 0 Å². The first-order valence-corrected chi connectivity index (χ1v) is 6.49. The Balaban J connectivity index is 1.88. The minimum absolute atomic E-state index is 0.483. The molecule has 0 aromatic carbocycles. The number of hydrogen-bond acceptors (Lipinski definition) is 4. The molecule has 3 heterocycles. The van der Waals surface area contributed by atoms with E-state index in [2.05, 4.69) is 32.4 Å². The van der Waals surface area contributed by atoms with Crippen molar-refractivity contribution in [3.05, 3.63) is 18.0 Å². The molecule has 0 amide bonds. The van der Waals surface area contributed by atoms with Crippen molar-refractivity contribution >= 4 is 16.7 Å². The van der Waals surface area contributed by atoms with Crippen molar-refractivity contribution in [1.29, 1.82) is 0 Å². The maximum absolute atomic E-state index is 4.47. The van der Waals surface area contributed by atoms with Crippen LogP contribution < -0.4 is 5.32 Å². The van der Waals surface area contributed by atoms with E-state index in [1.165, 1.54) is 19.4 Å². The molecule has 1 aliphatic rings. The van der Waals surface area contributed by atoms with Gasteiger partial charge in [0.05, 0.1) is 10.9 Å². The molecule has 0 saturated carbocycles. The van der Waals surface area contributed by atoms with Gasteiger partial charge in [-0.15, -0.1) is 0 Å². The van der Waals surface area contributed by atoms with Crippen molar-refractivity contribution in [2.45, 2.75) is 25.8 Å². The molecule has 2 N–H and O–H groups in total. The van der Waals surface area contributed by atoms with E-state index in [0.717, 1.165) is 29.0 Å². The Morgan fingerprint density at radius 2 is 2.39 bits per heavy atom. The summed E-state index contributed by atoms with van der Waals surface area (Å²) in [6, 6.07) is 2.42. The van der Waals surface area contributed by atoms with Gasteiger partial charge >= 0.3 is 0 Å². The van der Waals surface area contributed by atoms with Crippen molar-refractivity contribution in [1.82, 2.24) is 20.1 Å². The molecule has 3 rings (SSSR count). The first kappa shape index (κ1) is 11.5. The summed E-state index contributed by atoms with van der Waals surface area (Å²) in [7, 11) is 2.17. The first-order valence-electron chi connectivity index (χ1n) is 6.49. The molecule has 1 fully saturated rings. The Kier molecular flexibility index (Phi) is 2.91. The number of aromatic amines is 1. The van der Waals surface area contributed by atoms with Gasteiger partial charge in [-0.2, -0.15) is 5.10 Å². The van der Waals surface area contributed by atoms with Crippen LogP contribution in [0, 0.1) is 6.92 Å². The third-order valence-corrected chi connectivity index (χ3v) is 3.61. The Bertz CT molecular complexity index is 547. The van der Waals surface area contributed by atoms with Gasteiger partial charge in [0.1, 0.15) is 5.82 Å². The number of nitrogens with zero attached hydrogens (tertiary/aromatic N) is 3. The number of piperidine rings is 1. The predicted molar refractivity (Wildman–Crippen MR) is 72.8 cm³/mol. The zero-order valence-electron chi connectivity index (χ0n) is 10.9. The maximum Gasteiger partial charge on any atom is 0.137 e. The van der Waals surface area contributed by atoms with E-state index in [-0.39, 0.29) is 0 Å². The third-order valence-electron chi connectivity index (χ3n) is 3.61. The van der Waals surface area contributed by atoms with E-state index in [0.29, 0.717) is 6.04 Å². The summed E-state index contributed by atoms with van der Waals surface area (Å²) in [6.45, 7) is 4.31. The number of pyridine rings is 1. The third kappa shape index (κ3) is 2.06. The number of H-pyrrole nitrogens is 1. The highest BCUT2D eigenvalue weighted by atomic mass is 15.2. The molecule has 96 valence electrons. The zero-order valence-corrected chi connectivity index (χ0v) is 10.9. The molecule has 1 atom stereocenters. The van der Waals surface area contributed by atoms with Gasteiger partial charge in [0.25, 0.3) is 0 Å². The second-order valence-electron chi connectivity index (χ2n) is 5.15. The van der Waals surface area contributed by atoms with Crippen LogP contribution in [-0.4, -0.2) is 46.3 Å². The lowest BCUT2D eigenvalue weighted by molar-refractivity contribution is 0.261. The highest BCUT2D eigenvalue weighted by molar-refractivity contribution is 5.91. The number of likely N-dealkylation sites (N-methyl/N-ethyl adjacent to an activating group) is 1. The molecule has 1 unspecified atom stereocenters. The Labute approximate surface area is 107 Å². The molecule has 5 nitrogen and oxygen atoms in total. The lowest BCUT2D eigenvalue weighted by Crippen LogP contribution is -2.39. The summed E-state index contributed by atoms with van der Waals surface area (Å²) < 4.78 is 0. The number of aromatic nitrogens is 3. The predicted octanol–water partition coefficient (Wildman–Crippen LogP) is 1.77. The van der Waals surface area contributed by atoms with Crippen LogP contribution in [0.25, 0.3) is 10.9 Å². The fraction of sp³-hybridized carbons (Fsp3) is 0.538. The SMILES string of the molecule is Cc1[nH]nc2ccnc(NC3CCCN(C)C3)c12. The number of anilines is 1. The van der Waals surface area contributed by atoms with Gasteiger partial charge in [0.2, 0.25) is 0 Å². The average Bonchev–Trinajstić information content (AvgIpc) is 2.72. The summed E-state index contributed by atoms with van der Waals surface area (Å²) in [4.78, 5) is 6.83. The quantitative estimate of drug-likeness (QED) is 0.846. The number of likely N-dealkylation sites (tertiary alicyclic amines) is 1. The van der Waals surface area contributed by atoms with Gasteiger partial charge in [0, 0.05) is 24.5 Å². The van der Waals surface area contributed by atoms with Crippen molar-refractivity contribution in [3.8, 4) is 0 Å². The van der Waals surface area contributed by atoms with E-state index >= 15 is 0 Å². The molecule has 1 saturated heterocycles. The van der Waals surface area contributed by atoms with E-state index in [4.69, 9.17) is 0 Å². The van der Waals surface area contributed by atoms with Crippen LogP contribution in [0.2, 0.25) is 0 Å². The van der Waals surface area contributed by atoms with Gasteiger partial charge < -0.3 is 10.2 Å². The van der Waals surface area contributed by atoms with Crippen molar-refractivity contribution in [3.63, 3.8) is 0 Å². The number of aryl methyl sites for hydroxylation is 1. The molecule has 5 heteroatoms. The summed E-state index contributed by atoms with van der Waals surface area (Å²) >= 11 is 0. The molecule has 2 aromatic heterocycles. The van der Waals surface area contributed by atoms with Gasteiger partial charge in [-0.05, 0) is 39.4 Å². The normalized spacial score (nSPS) is 21.3. The molecule has 18 heavy (non-hydrogen) atoms. The molecule has 0 radical (unpaired) electrons. The van der Waals surface area contributed by atoms with E-state index in [1.54, 1.807) is 0 Å². The van der Waals surface area contributed by atoms with Crippen LogP contribution in [-0.2, 0) is 0 Å². The number of rotatable bonds is 2. The second-order valence-corrected chi connectivity index (χ2v) is 5.15. The lowest BCUT2D eigenvalue weighted by atomic mass is 10.1. The monoisotopic (exact) mass is 245 g/mol. The molecule has 1 aliphatic heterocycles. The average molecular weight is 245 g/mol. The number of fused-ring (bicyclic) bond motifs is 1. The Hall–Kier alpha value is -1.62. The molecular weight excluding hydrogens is 226 g/mol. The number of nitrogens with one attached hydrogen (secondary N) is 2. The summed E-state index contributed by atoms with van der Waals surface area (Å²) in [5.74, 6) is 0.957. The fourth-order valence-electron chi connectivity index (χ4n) is 2.70. The lowest BCUT2D eigenvalue weighted by Gasteiger charge is -2.30. The van der Waals surface area contributed by atoms with Crippen LogP contribution in [0.5, 0.6) is 0 Å². The highest BCUT2D eigenvalue weighted by Crippen LogP contribution is 2.24. The Morgan fingerprint density at radius 1 is 1.50 bits per heavy atom. The van der Waals surface area contributed by atoms with Crippen molar-refractivity contribution < 1.29 is 0 Å². The molecular formula is C13H19N5. The van der Waals surface area contributed by atoms with Crippen molar-refractivity contribution in [2.75, 3.05) is 25.5 Å². The topological polar surface area (TPSA) is 56.8 Å². The van der Waals surface area contributed by atoms with Crippen LogP contribution in [0.15, 0.2) is 12.3 Å². The summed E-state index contributed by atoms with van der Waals surface area (Å²) in [5.41, 5.74) is 2.05. The largest absolute Gasteiger partial charge is 0.365 e. The fourth-order valence-corrected chi connectivity index (χ4v) is 2.70. The van der Waals surface area contributed by atoms with Crippen molar-refractivity contribution in [2.24, 2.45) is 0 Å². The molecule has 0 aliphatic carbocycles.